The molecule has 31 heavy (non-hydrogen) atoms. The fourth-order valence-corrected chi connectivity index (χ4v) is 7.95. The van der Waals surface area contributed by atoms with Gasteiger partial charge in [0.15, 0.2) is 0 Å². The van der Waals surface area contributed by atoms with Crippen molar-refractivity contribution in [2.75, 3.05) is 35.9 Å². The number of hydrogen-bond donors (Lipinski definition) is 1. The first-order valence-corrected chi connectivity index (χ1v) is 14.2. The van der Waals surface area contributed by atoms with Gasteiger partial charge in [0.1, 0.15) is 9.22 Å². The van der Waals surface area contributed by atoms with E-state index < -0.39 is 10.0 Å². The van der Waals surface area contributed by atoms with Gasteiger partial charge in [0.05, 0.1) is 16.9 Å². The lowest BCUT2D eigenvalue weighted by molar-refractivity contribution is 0.297. The number of thiophene rings is 1. The maximum Gasteiger partial charge on any atom is 0.273 e. The van der Waals surface area contributed by atoms with E-state index in [0.717, 1.165) is 41.2 Å². The highest BCUT2D eigenvalue weighted by molar-refractivity contribution is 7.99. The summed E-state index contributed by atoms with van der Waals surface area (Å²) in [6.07, 6.45) is 1.96. The second kappa shape index (κ2) is 8.59. The molecule has 1 aliphatic heterocycles. The molecule has 5 rings (SSSR count). The molecule has 0 bridgehead atoms. The van der Waals surface area contributed by atoms with Crippen molar-refractivity contribution < 1.29 is 8.42 Å². The first-order chi connectivity index (χ1) is 15.0. The fourth-order valence-electron chi connectivity index (χ4n) is 3.68. The van der Waals surface area contributed by atoms with Crippen molar-refractivity contribution in [1.82, 2.24) is 14.9 Å². The number of thiazole rings is 1. The number of rotatable bonds is 6. The van der Waals surface area contributed by atoms with E-state index in [0.29, 0.717) is 9.90 Å². The molecule has 0 saturated carbocycles. The monoisotopic (exact) mass is 490 g/mol. The van der Waals surface area contributed by atoms with Gasteiger partial charge >= 0.3 is 0 Å². The Bertz CT molecular complexity index is 1290. The van der Waals surface area contributed by atoms with E-state index in [1.165, 1.54) is 32.0 Å². The van der Waals surface area contributed by atoms with Crippen LogP contribution >= 0.6 is 34.4 Å². The van der Waals surface area contributed by atoms with Gasteiger partial charge in [-0.3, -0.25) is 9.21 Å². The van der Waals surface area contributed by atoms with Gasteiger partial charge in [0.2, 0.25) is 0 Å². The molecule has 4 aromatic rings. The van der Waals surface area contributed by atoms with Crippen LogP contribution in [0, 0.1) is 0 Å². The summed E-state index contributed by atoms with van der Waals surface area (Å²) in [5.74, 6) is 2.39. The lowest BCUT2D eigenvalue weighted by Gasteiger charge is -2.25. The van der Waals surface area contributed by atoms with Gasteiger partial charge in [0.25, 0.3) is 10.0 Å². The van der Waals surface area contributed by atoms with Crippen molar-refractivity contribution in [1.29, 1.82) is 0 Å². The fraction of sp³-hybridized carbons (Fsp3) is 0.286. The van der Waals surface area contributed by atoms with E-state index in [1.54, 1.807) is 35.9 Å². The minimum Gasteiger partial charge on any atom is -0.351 e. The third kappa shape index (κ3) is 4.14. The minimum absolute atomic E-state index is 0.333. The Hall–Kier alpha value is -1.85. The van der Waals surface area contributed by atoms with Crippen LogP contribution < -0.4 is 4.31 Å². The standard InChI is InChI=1S/C21H22N4O2S4/c1-24(31(26,27)19-6-3-9-29-19)18-5-2-4-15-12-17(23-20(15)18)21-22-13-16(30-21)14-25-7-10-28-11-8-25/h2-6,9,12-13,23H,7-8,10-11,14H2,1H3. The number of thioether (sulfide) groups is 1. The summed E-state index contributed by atoms with van der Waals surface area (Å²) in [5, 5.41) is 3.66. The predicted octanol–water partition coefficient (Wildman–Crippen LogP) is 4.73. The van der Waals surface area contributed by atoms with Gasteiger partial charge in [-0.25, -0.2) is 13.4 Å². The summed E-state index contributed by atoms with van der Waals surface area (Å²) in [7, 11) is -2.00. The summed E-state index contributed by atoms with van der Waals surface area (Å²) in [6.45, 7) is 3.18. The van der Waals surface area contributed by atoms with Crippen LogP contribution in [0.15, 0.2) is 52.2 Å². The number of anilines is 1. The van der Waals surface area contributed by atoms with Crippen LogP contribution in [0.2, 0.25) is 0 Å². The molecule has 1 aromatic carbocycles. The Kier molecular flexibility index (Phi) is 5.82. The van der Waals surface area contributed by atoms with E-state index in [1.807, 2.05) is 42.2 Å². The van der Waals surface area contributed by atoms with E-state index in [2.05, 4.69) is 14.9 Å². The Morgan fingerprint density at radius 2 is 2.03 bits per heavy atom. The Morgan fingerprint density at radius 3 is 2.81 bits per heavy atom. The SMILES string of the molecule is CN(c1cccc2cc(-c3ncc(CN4CCSCC4)s3)[nH]c12)S(=O)(=O)c1cccs1. The molecule has 0 aliphatic carbocycles. The average molecular weight is 491 g/mol. The highest BCUT2D eigenvalue weighted by Gasteiger charge is 2.24. The molecule has 0 radical (unpaired) electrons. The van der Waals surface area contributed by atoms with Gasteiger partial charge in [-0.05, 0) is 23.6 Å². The second-order valence-electron chi connectivity index (χ2n) is 7.35. The molecule has 3 aromatic heterocycles. The topological polar surface area (TPSA) is 69.3 Å². The number of nitrogens with zero attached hydrogens (tertiary/aromatic N) is 3. The molecule has 0 atom stereocenters. The minimum atomic E-state index is -3.60. The summed E-state index contributed by atoms with van der Waals surface area (Å²) in [4.78, 5) is 11.8. The van der Waals surface area contributed by atoms with Crippen LogP contribution in [0.1, 0.15) is 4.88 Å². The lowest BCUT2D eigenvalue weighted by Crippen LogP contribution is -2.31. The zero-order chi connectivity index (χ0) is 21.4. The number of H-pyrrole nitrogens is 1. The number of fused-ring (bicyclic) bond motifs is 1. The van der Waals surface area contributed by atoms with Gasteiger partial charge < -0.3 is 4.98 Å². The van der Waals surface area contributed by atoms with Crippen molar-refractivity contribution in [3.05, 3.63) is 52.9 Å². The normalized spacial score (nSPS) is 15.5. The third-order valence-electron chi connectivity index (χ3n) is 5.35. The van der Waals surface area contributed by atoms with Gasteiger partial charge in [-0.15, -0.1) is 22.7 Å². The van der Waals surface area contributed by atoms with Crippen molar-refractivity contribution in [3.63, 3.8) is 0 Å². The molecular formula is C21H22N4O2S4. The predicted molar refractivity (Wildman–Crippen MR) is 132 cm³/mol. The number of sulfonamides is 1. The van der Waals surface area contributed by atoms with Crippen LogP contribution in [0.5, 0.6) is 0 Å². The van der Waals surface area contributed by atoms with Crippen LogP contribution in [-0.2, 0) is 16.6 Å². The Balaban J connectivity index is 1.45. The van der Waals surface area contributed by atoms with Gasteiger partial charge in [0, 0.05) is 54.6 Å². The maximum atomic E-state index is 13.0. The maximum absolute atomic E-state index is 13.0. The molecule has 1 fully saturated rings. The van der Waals surface area contributed by atoms with Crippen LogP contribution in [-0.4, -0.2) is 54.9 Å². The van der Waals surface area contributed by atoms with Crippen LogP contribution in [0.3, 0.4) is 0 Å². The smallest absolute Gasteiger partial charge is 0.273 e. The quantitative estimate of drug-likeness (QED) is 0.423. The molecule has 0 spiro atoms. The van der Waals surface area contributed by atoms with Gasteiger partial charge in [-0.2, -0.15) is 11.8 Å². The zero-order valence-corrected chi connectivity index (χ0v) is 20.2. The molecule has 162 valence electrons. The first kappa shape index (κ1) is 21.0. The molecule has 0 amide bonds. The Morgan fingerprint density at radius 1 is 1.19 bits per heavy atom. The van der Waals surface area contributed by atoms with Crippen LogP contribution in [0.4, 0.5) is 5.69 Å². The molecule has 1 saturated heterocycles. The summed E-state index contributed by atoms with van der Waals surface area (Å²) in [6, 6.07) is 11.1. The molecule has 10 heteroatoms. The number of para-hydroxylation sites is 1. The van der Waals surface area contributed by atoms with Gasteiger partial charge in [-0.1, -0.05) is 18.2 Å². The number of nitrogens with one attached hydrogen (secondary N) is 1. The van der Waals surface area contributed by atoms with Crippen molar-refractivity contribution in [2.45, 2.75) is 10.8 Å². The average Bonchev–Trinajstić information content (AvgIpc) is 3.53. The van der Waals surface area contributed by atoms with Crippen molar-refractivity contribution in [2.24, 2.45) is 0 Å². The molecule has 1 N–H and O–H groups in total. The first-order valence-electron chi connectivity index (χ1n) is 9.92. The van der Waals surface area contributed by atoms with E-state index >= 15 is 0 Å². The number of benzene rings is 1. The lowest BCUT2D eigenvalue weighted by atomic mass is 10.2. The number of hydrogen-bond acceptors (Lipinski definition) is 7. The van der Waals surface area contributed by atoms with E-state index in [4.69, 9.17) is 0 Å². The third-order valence-corrected chi connectivity index (χ3v) is 10.5. The summed E-state index contributed by atoms with van der Waals surface area (Å²) >= 11 is 4.93. The van der Waals surface area contributed by atoms with Crippen molar-refractivity contribution >= 4 is 61.0 Å². The molecule has 4 heterocycles. The summed E-state index contributed by atoms with van der Waals surface area (Å²) in [5.41, 5.74) is 2.33. The van der Waals surface area contributed by atoms with Crippen LogP contribution in [0.25, 0.3) is 21.6 Å². The molecule has 6 nitrogen and oxygen atoms in total. The number of aromatic nitrogens is 2. The highest BCUT2D eigenvalue weighted by atomic mass is 32.2. The summed E-state index contributed by atoms with van der Waals surface area (Å²) < 4.78 is 27.7. The Labute approximate surface area is 194 Å². The second-order valence-corrected chi connectivity index (χ2v) is 12.8. The zero-order valence-electron chi connectivity index (χ0n) is 16.9. The number of aromatic amines is 1. The van der Waals surface area contributed by atoms with Crippen molar-refractivity contribution in [3.8, 4) is 10.7 Å². The highest BCUT2D eigenvalue weighted by Crippen LogP contribution is 2.35. The molecule has 1 aliphatic rings. The van der Waals surface area contributed by atoms with E-state index in [9.17, 15) is 8.42 Å². The van der Waals surface area contributed by atoms with E-state index in [-0.39, 0.29) is 0 Å². The molecule has 0 unspecified atom stereocenters. The largest absolute Gasteiger partial charge is 0.351 e. The molecular weight excluding hydrogens is 469 g/mol.